The number of benzene rings is 1. The molecule has 0 saturated heterocycles. The van der Waals surface area contributed by atoms with E-state index in [9.17, 15) is 4.79 Å². The number of hydrogen-bond acceptors (Lipinski definition) is 3. The van der Waals surface area contributed by atoms with Crippen LogP contribution in [0, 0.1) is 0 Å². The SMILES string of the molecule is O=C(c1sccc1Br)c1coc2ccccc12. The lowest BCUT2D eigenvalue weighted by Crippen LogP contribution is -1.97. The zero-order chi connectivity index (χ0) is 11.8. The Morgan fingerprint density at radius 2 is 2.06 bits per heavy atom. The fourth-order valence-corrected chi connectivity index (χ4v) is 3.24. The number of para-hydroxylation sites is 1. The number of fused-ring (bicyclic) bond motifs is 1. The molecular formula is C13H7BrO2S. The molecule has 0 N–H and O–H groups in total. The lowest BCUT2D eigenvalue weighted by Gasteiger charge is -1.95. The fourth-order valence-electron chi connectivity index (χ4n) is 1.73. The smallest absolute Gasteiger partial charge is 0.207 e. The Labute approximate surface area is 110 Å². The van der Waals surface area contributed by atoms with Crippen LogP contribution in [0.5, 0.6) is 0 Å². The summed E-state index contributed by atoms with van der Waals surface area (Å²) in [6.07, 6.45) is 1.53. The van der Waals surface area contributed by atoms with E-state index < -0.39 is 0 Å². The Morgan fingerprint density at radius 1 is 1.24 bits per heavy atom. The number of halogens is 1. The Bertz CT molecular complexity index is 696. The Balaban J connectivity index is 2.17. The number of furan rings is 1. The number of thiophene rings is 1. The van der Waals surface area contributed by atoms with Crippen molar-refractivity contribution in [3.8, 4) is 0 Å². The van der Waals surface area contributed by atoms with E-state index in [0.717, 1.165) is 15.4 Å². The van der Waals surface area contributed by atoms with Gasteiger partial charge in [-0.05, 0) is 33.4 Å². The summed E-state index contributed by atoms with van der Waals surface area (Å²) in [6.45, 7) is 0. The van der Waals surface area contributed by atoms with Crippen LogP contribution in [0.1, 0.15) is 15.2 Å². The third kappa shape index (κ3) is 1.73. The quantitative estimate of drug-likeness (QED) is 0.653. The van der Waals surface area contributed by atoms with E-state index in [0.29, 0.717) is 10.4 Å². The molecule has 2 nitrogen and oxygen atoms in total. The van der Waals surface area contributed by atoms with Gasteiger partial charge in [0.1, 0.15) is 11.8 Å². The normalized spacial score (nSPS) is 10.9. The van der Waals surface area contributed by atoms with Gasteiger partial charge in [-0.3, -0.25) is 4.79 Å². The van der Waals surface area contributed by atoms with Crippen molar-refractivity contribution < 1.29 is 9.21 Å². The van der Waals surface area contributed by atoms with Gasteiger partial charge in [-0.25, -0.2) is 0 Å². The Kier molecular flexibility index (Phi) is 2.61. The molecule has 0 unspecified atom stereocenters. The molecule has 0 aliphatic rings. The lowest BCUT2D eigenvalue weighted by molar-refractivity contribution is 0.104. The van der Waals surface area contributed by atoms with Crippen molar-refractivity contribution in [2.24, 2.45) is 0 Å². The van der Waals surface area contributed by atoms with E-state index in [2.05, 4.69) is 15.9 Å². The topological polar surface area (TPSA) is 30.2 Å². The molecule has 0 amide bonds. The molecule has 3 aromatic rings. The molecule has 0 radical (unpaired) electrons. The van der Waals surface area contributed by atoms with Crippen molar-refractivity contribution in [3.63, 3.8) is 0 Å². The zero-order valence-corrected chi connectivity index (χ0v) is 11.0. The van der Waals surface area contributed by atoms with Gasteiger partial charge in [0.05, 0.1) is 10.4 Å². The highest BCUT2D eigenvalue weighted by atomic mass is 79.9. The molecule has 2 aromatic heterocycles. The first-order chi connectivity index (χ1) is 8.27. The van der Waals surface area contributed by atoms with Crippen LogP contribution in [-0.4, -0.2) is 5.78 Å². The first kappa shape index (κ1) is 10.7. The minimum atomic E-state index is -0.00294. The minimum Gasteiger partial charge on any atom is -0.464 e. The monoisotopic (exact) mass is 306 g/mol. The van der Waals surface area contributed by atoms with Gasteiger partial charge < -0.3 is 4.42 Å². The fraction of sp³-hybridized carbons (Fsp3) is 0. The molecule has 0 aliphatic heterocycles. The second kappa shape index (κ2) is 4.13. The predicted molar refractivity (Wildman–Crippen MR) is 71.7 cm³/mol. The molecule has 0 bridgehead atoms. The average Bonchev–Trinajstić information content (AvgIpc) is 2.94. The van der Waals surface area contributed by atoms with E-state index >= 15 is 0 Å². The van der Waals surface area contributed by atoms with Gasteiger partial charge in [0, 0.05) is 9.86 Å². The summed E-state index contributed by atoms with van der Waals surface area (Å²) in [5.41, 5.74) is 1.35. The largest absolute Gasteiger partial charge is 0.464 e. The summed E-state index contributed by atoms with van der Waals surface area (Å²) >= 11 is 4.80. The van der Waals surface area contributed by atoms with Gasteiger partial charge in [0.15, 0.2) is 0 Å². The highest BCUT2D eigenvalue weighted by molar-refractivity contribution is 9.10. The molecule has 0 aliphatic carbocycles. The number of ketones is 1. The van der Waals surface area contributed by atoms with Crippen LogP contribution >= 0.6 is 27.3 Å². The van der Waals surface area contributed by atoms with Crippen LogP contribution in [0.2, 0.25) is 0 Å². The third-order valence-electron chi connectivity index (χ3n) is 2.55. The molecule has 3 rings (SSSR count). The van der Waals surface area contributed by atoms with Gasteiger partial charge in [-0.1, -0.05) is 18.2 Å². The Morgan fingerprint density at radius 3 is 2.82 bits per heavy atom. The van der Waals surface area contributed by atoms with Crippen LogP contribution < -0.4 is 0 Å². The standard InChI is InChI=1S/C13H7BrO2S/c14-10-5-6-17-13(10)12(15)9-7-16-11-4-2-1-3-8(9)11/h1-7H. The molecule has 17 heavy (non-hydrogen) atoms. The van der Waals surface area contributed by atoms with Gasteiger partial charge >= 0.3 is 0 Å². The number of rotatable bonds is 2. The van der Waals surface area contributed by atoms with Gasteiger partial charge in [-0.15, -0.1) is 11.3 Å². The third-order valence-corrected chi connectivity index (χ3v) is 4.39. The summed E-state index contributed by atoms with van der Waals surface area (Å²) in [4.78, 5) is 13.0. The van der Waals surface area contributed by atoms with Crippen LogP contribution in [0.25, 0.3) is 11.0 Å². The number of carbonyl (C=O) groups excluding carboxylic acids is 1. The highest BCUT2D eigenvalue weighted by Gasteiger charge is 2.18. The molecule has 84 valence electrons. The van der Waals surface area contributed by atoms with Crippen LogP contribution in [0.3, 0.4) is 0 Å². The highest BCUT2D eigenvalue weighted by Crippen LogP contribution is 2.29. The molecule has 0 saturated carbocycles. The van der Waals surface area contributed by atoms with Gasteiger partial charge in [0.2, 0.25) is 5.78 Å². The summed E-state index contributed by atoms with van der Waals surface area (Å²) < 4.78 is 6.21. The summed E-state index contributed by atoms with van der Waals surface area (Å²) in [6, 6.07) is 9.42. The van der Waals surface area contributed by atoms with Gasteiger partial charge in [0.25, 0.3) is 0 Å². The minimum absolute atomic E-state index is 0.00294. The second-order valence-corrected chi connectivity index (χ2v) is 5.34. The summed E-state index contributed by atoms with van der Waals surface area (Å²) in [7, 11) is 0. The van der Waals surface area contributed by atoms with E-state index in [1.54, 1.807) is 0 Å². The van der Waals surface area contributed by atoms with E-state index in [4.69, 9.17) is 4.42 Å². The lowest BCUT2D eigenvalue weighted by atomic mass is 10.1. The zero-order valence-electron chi connectivity index (χ0n) is 8.64. The summed E-state index contributed by atoms with van der Waals surface area (Å²) in [5, 5.41) is 2.75. The Hall–Kier alpha value is -1.39. The maximum atomic E-state index is 12.3. The molecule has 2 heterocycles. The van der Waals surface area contributed by atoms with E-state index in [1.807, 2.05) is 35.7 Å². The molecule has 0 atom stereocenters. The predicted octanol–water partition coefficient (Wildman–Crippen LogP) is 4.49. The maximum Gasteiger partial charge on any atom is 0.207 e. The number of hydrogen-bond donors (Lipinski definition) is 0. The average molecular weight is 307 g/mol. The van der Waals surface area contributed by atoms with Crippen molar-refractivity contribution in [2.75, 3.05) is 0 Å². The molecule has 1 aromatic carbocycles. The van der Waals surface area contributed by atoms with Crippen molar-refractivity contribution in [3.05, 3.63) is 56.9 Å². The second-order valence-electron chi connectivity index (χ2n) is 3.57. The van der Waals surface area contributed by atoms with Crippen LogP contribution in [-0.2, 0) is 0 Å². The first-order valence-corrected chi connectivity index (χ1v) is 6.68. The molecular weight excluding hydrogens is 300 g/mol. The van der Waals surface area contributed by atoms with Gasteiger partial charge in [-0.2, -0.15) is 0 Å². The van der Waals surface area contributed by atoms with E-state index in [1.165, 1.54) is 17.6 Å². The van der Waals surface area contributed by atoms with Crippen molar-refractivity contribution in [2.45, 2.75) is 0 Å². The van der Waals surface area contributed by atoms with Crippen molar-refractivity contribution in [1.29, 1.82) is 0 Å². The van der Waals surface area contributed by atoms with Crippen molar-refractivity contribution >= 4 is 44.0 Å². The van der Waals surface area contributed by atoms with E-state index in [-0.39, 0.29) is 5.78 Å². The first-order valence-electron chi connectivity index (χ1n) is 5.01. The van der Waals surface area contributed by atoms with Crippen molar-refractivity contribution in [1.82, 2.24) is 0 Å². The molecule has 0 spiro atoms. The molecule has 4 heteroatoms. The van der Waals surface area contributed by atoms with Crippen LogP contribution in [0.15, 0.2) is 50.9 Å². The molecule has 0 fully saturated rings. The van der Waals surface area contributed by atoms with Crippen LogP contribution in [0.4, 0.5) is 0 Å². The summed E-state index contributed by atoms with van der Waals surface area (Å²) in [5.74, 6) is -0.00294. The maximum absolute atomic E-state index is 12.3. The number of carbonyl (C=O) groups is 1.